The highest BCUT2D eigenvalue weighted by molar-refractivity contribution is 5.92. The zero-order valence-electron chi connectivity index (χ0n) is 28.8. The zero-order chi connectivity index (χ0) is 36.7. The monoisotopic (exact) mass is 689 g/mol. The molecule has 0 aliphatic carbocycles. The smallest absolute Gasteiger partial charge is 0.335 e. The summed E-state index contributed by atoms with van der Waals surface area (Å²) in [5.74, 6) is -0.965. The van der Waals surface area contributed by atoms with Gasteiger partial charge in [0, 0.05) is 48.1 Å². The highest BCUT2D eigenvalue weighted by Crippen LogP contribution is 2.36. The first-order valence-corrected chi connectivity index (χ1v) is 16.7. The summed E-state index contributed by atoms with van der Waals surface area (Å²) in [4.78, 5) is 36.9. The zero-order valence-corrected chi connectivity index (χ0v) is 28.8. The van der Waals surface area contributed by atoms with Crippen LogP contribution in [0.15, 0.2) is 165 Å². The molecule has 5 rings (SSSR count). The Morgan fingerprint density at radius 1 is 0.538 bits per heavy atom. The molecule has 5 aromatic rings. The van der Waals surface area contributed by atoms with E-state index in [2.05, 4.69) is 61.0 Å². The van der Waals surface area contributed by atoms with Crippen molar-refractivity contribution >= 4 is 46.6 Å². The summed E-state index contributed by atoms with van der Waals surface area (Å²) in [5, 5.41) is 0. The first-order valence-electron chi connectivity index (χ1n) is 16.7. The van der Waals surface area contributed by atoms with Gasteiger partial charge in [-0.3, -0.25) is 0 Å². The number of anilines is 3. The average Bonchev–Trinajstić information content (AvgIpc) is 3.19. The highest BCUT2D eigenvalue weighted by Gasteiger charge is 2.15. The fourth-order valence-electron chi connectivity index (χ4n) is 5.46. The maximum absolute atomic E-state index is 11.7. The van der Waals surface area contributed by atoms with Gasteiger partial charge in [-0.05, 0) is 88.0 Å². The van der Waals surface area contributed by atoms with E-state index in [1.165, 1.54) is 0 Å². The van der Waals surface area contributed by atoms with Crippen LogP contribution >= 0.6 is 0 Å². The van der Waals surface area contributed by atoms with Crippen LogP contribution in [0, 0.1) is 0 Å². The number of ether oxygens (including phenoxy) is 3. The number of benzene rings is 5. The molecule has 0 aromatic heterocycles. The van der Waals surface area contributed by atoms with E-state index in [0.29, 0.717) is 18.6 Å². The summed E-state index contributed by atoms with van der Waals surface area (Å²) in [6.07, 6.45) is 6.74. The second kappa shape index (κ2) is 18.3. The van der Waals surface area contributed by atoms with Crippen LogP contribution in [-0.4, -0.2) is 31.1 Å². The van der Waals surface area contributed by atoms with E-state index < -0.39 is 17.9 Å². The van der Waals surface area contributed by atoms with Crippen molar-refractivity contribution in [1.29, 1.82) is 0 Å². The molecule has 0 spiro atoms. The predicted molar refractivity (Wildman–Crippen MR) is 207 cm³/mol. The summed E-state index contributed by atoms with van der Waals surface area (Å²) in [6.45, 7) is 10.9. The van der Waals surface area contributed by atoms with Crippen LogP contribution in [0.4, 0.5) is 17.1 Å². The van der Waals surface area contributed by atoms with Gasteiger partial charge in [0.05, 0.1) is 13.2 Å². The molecule has 7 nitrogen and oxygen atoms in total. The molecule has 0 heterocycles. The van der Waals surface area contributed by atoms with Crippen molar-refractivity contribution in [3.05, 3.63) is 193 Å². The number of hydrogen-bond donors (Lipinski definition) is 0. The minimum Gasteiger partial charge on any atom is -0.462 e. The van der Waals surface area contributed by atoms with E-state index in [1.54, 1.807) is 12.1 Å². The first-order chi connectivity index (χ1) is 25.4. The molecule has 0 amide bonds. The lowest BCUT2D eigenvalue weighted by Gasteiger charge is -2.26. The Hall–Kier alpha value is -6.73. The van der Waals surface area contributed by atoms with Gasteiger partial charge in [0.2, 0.25) is 0 Å². The summed E-state index contributed by atoms with van der Waals surface area (Å²) >= 11 is 0. The minimum absolute atomic E-state index is 0.262. The maximum atomic E-state index is 11.7. The van der Waals surface area contributed by atoms with Crippen LogP contribution in [0.2, 0.25) is 0 Å². The largest absolute Gasteiger partial charge is 0.462 e. The fraction of sp³-hybridized carbons (Fsp3) is 0.0889. The number of hydrogen-bond acceptors (Lipinski definition) is 7. The van der Waals surface area contributed by atoms with Gasteiger partial charge >= 0.3 is 17.9 Å². The van der Waals surface area contributed by atoms with Gasteiger partial charge in [0.1, 0.15) is 5.75 Å². The molecular weight excluding hydrogens is 650 g/mol. The van der Waals surface area contributed by atoms with E-state index in [-0.39, 0.29) is 13.2 Å². The molecular formula is C45H39NO6. The van der Waals surface area contributed by atoms with Gasteiger partial charge in [-0.25, -0.2) is 14.4 Å². The average molecular weight is 690 g/mol. The Bertz CT molecular complexity index is 1980. The van der Waals surface area contributed by atoms with Crippen molar-refractivity contribution in [3.63, 3.8) is 0 Å². The number of carbonyl (C=O) groups is 3. The first kappa shape index (κ1) is 36.5. The molecule has 52 heavy (non-hydrogen) atoms. The molecule has 5 aromatic carbocycles. The number of carbonyl (C=O) groups excluding carboxylic acids is 3. The van der Waals surface area contributed by atoms with E-state index in [0.717, 1.165) is 68.7 Å². The quantitative estimate of drug-likeness (QED) is 0.0442. The second-order valence-electron chi connectivity index (χ2n) is 11.6. The fourth-order valence-corrected chi connectivity index (χ4v) is 5.46. The highest BCUT2D eigenvalue weighted by atomic mass is 16.5. The predicted octanol–water partition coefficient (Wildman–Crippen LogP) is 9.38. The third kappa shape index (κ3) is 10.2. The summed E-state index contributed by atoms with van der Waals surface area (Å²) in [5.41, 5.74) is 8.83. The van der Waals surface area contributed by atoms with E-state index >= 15 is 0 Å². The topological polar surface area (TPSA) is 82.1 Å². The maximum Gasteiger partial charge on any atom is 0.335 e. The molecule has 0 N–H and O–H groups in total. The Morgan fingerprint density at radius 2 is 1.06 bits per heavy atom. The third-order valence-electron chi connectivity index (χ3n) is 8.07. The SMILES string of the molecule is C=CC(=O)OCCc1ccc(N(c2ccc(CCOC(=O)C=C)cc2)c2cccc(C=C(c3ccccc3)c3ccc(OC(=O)C=C)cc3)c2)cc1. The van der Waals surface area contributed by atoms with Gasteiger partial charge in [-0.2, -0.15) is 0 Å². The molecule has 0 atom stereocenters. The normalized spacial score (nSPS) is 10.8. The van der Waals surface area contributed by atoms with Crippen molar-refractivity contribution < 1.29 is 28.6 Å². The van der Waals surface area contributed by atoms with Gasteiger partial charge in [0.15, 0.2) is 0 Å². The molecule has 0 saturated carbocycles. The summed E-state index contributed by atoms with van der Waals surface area (Å²) < 4.78 is 15.7. The molecule has 7 heteroatoms. The van der Waals surface area contributed by atoms with Crippen molar-refractivity contribution in [3.8, 4) is 5.75 Å². The molecule has 0 unspecified atom stereocenters. The Kier molecular flexibility index (Phi) is 12.9. The lowest BCUT2D eigenvalue weighted by Crippen LogP contribution is -2.11. The Morgan fingerprint density at radius 3 is 1.58 bits per heavy atom. The van der Waals surface area contributed by atoms with Crippen molar-refractivity contribution in [1.82, 2.24) is 0 Å². The molecule has 0 radical (unpaired) electrons. The molecule has 0 saturated heterocycles. The second-order valence-corrected chi connectivity index (χ2v) is 11.6. The van der Waals surface area contributed by atoms with Crippen LogP contribution < -0.4 is 9.64 Å². The lowest BCUT2D eigenvalue weighted by molar-refractivity contribution is -0.138. The van der Waals surface area contributed by atoms with Gasteiger partial charge < -0.3 is 19.1 Å². The molecule has 0 aliphatic heterocycles. The van der Waals surface area contributed by atoms with Crippen LogP contribution in [0.1, 0.15) is 27.8 Å². The molecule has 0 aliphatic rings. The number of nitrogens with zero attached hydrogens (tertiary/aromatic N) is 1. The lowest BCUT2D eigenvalue weighted by atomic mass is 9.95. The van der Waals surface area contributed by atoms with Gasteiger partial charge in [0.25, 0.3) is 0 Å². The third-order valence-corrected chi connectivity index (χ3v) is 8.07. The summed E-state index contributed by atoms with van der Waals surface area (Å²) in [6, 6.07) is 42.1. The summed E-state index contributed by atoms with van der Waals surface area (Å²) in [7, 11) is 0. The van der Waals surface area contributed by atoms with Gasteiger partial charge in [-0.15, -0.1) is 0 Å². The van der Waals surface area contributed by atoms with Gasteiger partial charge in [-0.1, -0.05) is 98.6 Å². The number of rotatable bonds is 16. The van der Waals surface area contributed by atoms with Crippen LogP contribution in [0.3, 0.4) is 0 Å². The van der Waals surface area contributed by atoms with Crippen LogP contribution in [-0.2, 0) is 36.7 Å². The number of esters is 3. The Balaban J connectivity index is 1.50. The molecule has 0 fully saturated rings. The van der Waals surface area contributed by atoms with E-state index in [4.69, 9.17) is 14.2 Å². The van der Waals surface area contributed by atoms with Crippen LogP contribution in [0.25, 0.3) is 11.6 Å². The van der Waals surface area contributed by atoms with Crippen molar-refractivity contribution in [2.24, 2.45) is 0 Å². The standard InChI is InChI=1S/C45H39NO6/c1-4-43(47)50-29-27-33-15-21-38(22-16-33)46(39-23-17-34(18-24-39)28-30-51-44(48)5-2)40-14-10-11-35(31-40)32-42(36-12-8-7-9-13-36)37-19-25-41(26-20-37)52-45(49)6-3/h4-26,31-32H,1-3,27-30H2. The van der Waals surface area contributed by atoms with Crippen molar-refractivity contribution in [2.75, 3.05) is 18.1 Å². The molecule has 0 bridgehead atoms. The van der Waals surface area contributed by atoms with E-state index in [1.807, 2.05) is 84.9 Å². The van der Waals surface area contributed by atoms with Crippen LogP contribution in [0.5, 0.6) is 5.75 Å². The Labute approximate surface area is 304 Å². The van der Waals surface area contributed by atoms with Crippen molar-refractivity contribution in [2.45, 2.75) is 12.8 Å². The minimum atomic E-state index is -0.514. The molecule has 260 valence electrons. The van der Waals surface area contributed by atoms with E-state index in [9.17, 15) is 14.4 Å².